The summed E-state index contributed by atoms with van der Waals surface area (Å²) in [5, 5.41) is 9.68. The van der Waals surface area contributed by atoms with Crippen LogP contribution in [0.25, 0.3) is 0 Å². The first kappa shape index (κ1) is 14.4. The molecular weight excluding hydrogens is 248 g/mol. The highest BCUT2D eigenvalue weighted by molar-refractivity contribution is 5.33. The Hall–Kier alpha value is -1.96. The Bertz CT molecular complexity index is 550. The fourth-order valence-electron chi connectivity index (χ4n) is 2.05. The van der Waals surface area contributed by atoms with Crippen LogP contribution in [0.5, 0.6) is 11.5 Å². The van der Waals surface area contributed by atoms with E-state index in [4.69, 9.17) is 4.74 Å². The minimum absolute atomic E-state index is 0.161. The molecule has 2 aromatic rings. The molecule has 2 heteroatoms. The van der Waals surface area contributed by atoms with E-state index in [1.807, 2.05) is 30.3 Å². The predicted octanol–water partition coefficient (Wildman–Crippen LogP) is 4.31. The van der Waals surface area contributed by atoms with Gasteiger partial charge in [0.25, 0.3) is 0 Å². The summed E-state index contributed by atoms with van der Waals surface area (Å²) in [6, 6.07) is 15.6. The van der Waals surface area contributed by atoms with Crippen molar-refractivity contribution in [2.45, 2.75) is 32.6 Å². The highest BCUT2D eigenvalue weighted by Gasteiger charge is 2.12. The van der Waals surface area contributed by atoms with Gasteiger partial charge in [0.15, 0.2) is 0 Å². The van der Waals surface area contributed by atoms with Crippen molar-refractivity contribution in [1.29, 1.82) is 0 Å². The second kappa shape index (κ2) is 6.00. The molecule has 0 aliphatic rings. The van der Waals surface area contributed by atoms with Gasteiger partial charge in [-0.15, -0.1) is 0 Å². The van der Waals surface area contributed by atoms with Crippen LogP contribution in [0.2, 0.25) is 0 Å². The zero-order chi connectivity index (χ0) is 14.6. The molecule has 0 bridgehead atoms. The molecule has 0 unspecified atom stereocenters. The summed E-state index contributed by atoms with van der Waals surface area (Å²) in [5.41, 5.74) is 2.37. The maximum Gasteiger partial charge on any atom is 0.119 e. The minimum atomic E-state index is 0.161. The van der Waals surface area contributed by atoms with Gasteiger partial charge in [-0.2, -0.15) is 0 Å². The molecule has 0 saturated heterocycles. The van der Waals surface area contributed by atoms with Crippen molar-refractivity contribution in [3.05, 3.63) is 59.7 Å². The molecule has 0 fully saturated rings. The third-order valence-corrected chi connectivity index (χ3v) is 3.35. The molecule has 0 aliphatic carbocycles. The third-order valence-electron chi connectivity index (χ3n) is 3.35. The average Bonchev–Trinajstić information content (AvgIpc) is 2.40. The van der Waals surface area contributed by atoms with Gasteiger partial charge < -0.3 is 9.84 Å². The Balaban J connectivity index is 1.90. The van der Waals surface area contributed by atoms with E-state index in [0.717, 1.165) is 11.3 Å². The lowest BCUT2D eigenvalue weighted by atomic mass is 9.87. The van der Waals surface area contributed by atoms with Crippen molar-refractivity contribution in [2.75, 3.05) is 6.61 Å². The number of ether oxygens (including phenoxy) is 1. The Morgan fingerprint density at radius 3 is 2.20 bits per heavy atom. The lowest BCUT2D eigenvalue weighted by molar-refractivity contribution is 0.319. The number of hydrogen-bond acceptors (Lipinski definition) is 2. The Labute approximate surface area is 121 Å². The first-order valence-electron chi connectivity index (χ1n) is 6.97. The van der Waals surface area contributed by atoms with E-state index in [0.29, 0.717) is 18.8 Å². The molecule has 2 rings (SSSR count). The quantitative estimate of drug-likeness (QED) is 0.897. The average molecular weight is 270 g/mol. The van der Waals surface area contributed by atoms with Gasteiger partial charge in [-0.1, -0.05) is 51.1 Å². The van der Waals surface area contributed by atoms with Gasteiger partial charge in [-0.05, 0) is 34.7 Å². The smallest absolute Gasteiger partial charge is 0.119 e. The van der Waals surface area contributed by atoms with Gasteiger partial charge in [0.05, 0.1) is 6.61 Å². The Morgan fingerprint density at radius 2 is 1.60 bits per heavy atom. The van der Waals surface area contributed by atoms with Crippen LogP contribution in [0.15, 0.2) is 48.5 Å². The van der Waals surface area contributed by atoms with Crippen molar-refractivity contribution in [2.24, 2.45) is 0 Å². The van der Waals surface area contributed by atoms with Gasteiger partial charge in [0.2, 0.25) is 0 Å². The fourth-order valence-corrected chi connectivity index (χ4v) is 2.05. The molecule has 2 nitrogen and oxygen atoms in total. The number of rotatable bonds is 4. The zero-order valence-electron chi connectivity index (χ0n) is 12.4. The Kier molecular flexibility index (Phi) is 4.33. The van der Waals surface area contributed by atoms with E-state index in [2.05, 4.69) is 32.9 Å². The van der Waals surface area contributed by atoms with Gasteiger partial charge in [-0.3, -0.25) is 0 Å². The number of hydrogen-bond donors (Lipinski definition) is 1. The third kappa shape index (κ3) is 3.77. The van der Waals surface area contributed by atoms with E-state index in [1.54, 1.807) is 6.07 Å². The van der Waals surface area contributed by atoms with Gasteiger partial charge in [0.1, 0.15) is 11.5 Å². The molecule has 0 spiro atoms. The second-order valence-corrected chi connectivity index (χ2v) is 6.00. The SMILES string of the molecule is CC(C)(C)c1ccc(OCCc2ccccc2O)cc1. The van der Waals surface area contributed by atoms with Crippen LogP contribution in [0.3, 0.4) is 0 Å². The van der Waals surface area contributed by atoms with E-state index >= 15 is 0 Å². The van der Waals surface area contributed by atoms with Crippen LogP contribution >= 0.6 is 0 Å². The summed E-state index contributed by atoms with van der Waals surface area (Å²) >= 11 is 0. The molecule has 0 amide bonds. The minimum Gasteiger partial charge on any atom is -0.508 e. The second-order valence-electron chi connectivity index (χ2n) is 6.00. The van der Waals surface area contributed by atoms with E-state index in [-0.39, 0.29) is 5.41 Å². The van der Waals surface area contributed by atoms with Gasteiger partial charge in [0, 0.05) is 6.42 Å². The normalized spacial score (nSPS) is 11.3. The van der Waals surface area contributed by atoms with Crippen LogP contribution in [-0.2, 0) is 11.8 Å². The molecule has 0 radical (unpaired) electrons. The molecule has 1 N–H and O–H groups in total. The number of phenolic OH excluding ortho intramolecular Hbond substituents is 1. The molecule has 0 aromatic heterocycles. The Morgan fingerprint density at radius 1 is 0.950 bits per heavy atom. The van der Waals surface area contributed by atoms with Gasteiger partial charge >= 0.3 is 0 Å². The summed E-state index contributed by atoms with van der Waals surface area (Å²) < 4.78 is 5.72. The highest BCUT2D eigenvalue weighted by Crippen LogP contribution is 2.24. The number of aromatic hydroxyl groups is 1. The maximum atomic E-state index is 9.68. The molecule has 20 heavy (non-hydrogen) atoms. The monoisotopic (exact) mass is 270 g/mol. The van der Waals surface area contributed by atoms with Crippen LogP contribution in [0.4, 0.5) is 0 Å². The van der Waals surface area contributed by atoms with Crippen molar-refractivity contribution < 1.29 is 9.84 Å². The highest BCUT2D eigenvalue weighted by atomic mass is 16.5. The lowest BCUT2D eigenvalue weighted by Crippen LogP contribution is -2.10. The molecule has 0 heterocycles. The standard InChI is InChI=1S/C18H22O2/c1-18(2,3)15-8-10-16(11-9-15)20-13-12-14-6-4-5-7-17(14)19/h4-11,19H,12-13H2,1-3H3. The van der Waals surface area contributed by atoms with Crippen molar-refractivity contribution in [1.82, 2.24) is 0 Å². The number of para-hydroxylation sites is 1. The summed E-state index contributed by atoms with van der Waals surface area (Å²) in [6.07, 6.45) is 0.702. The van der Waals surface area contributed by atoms with Crippen molar-refractivity contribution in [3.8, 4) is 11.5 Å². The van der Waals surface area contributed by atoms with E-state index in [1.165, 1.54) is 5.56 Å². The zero-order valence-corrected chi connectivity index (χ0v) is 12.4. The molecule has 0 saturated carbocycles. The largest absolute Gasteiger partial charge is 0.508 e. The van der Waals surface area contributed by atoms with Crippen molar-refractivity contribution >= 4 is 0 Å². The predicted molar refractivity (Wildman–Crippen MR) is 82.4 cm³/mol. The van der Waals surface area contributed by atoms with Crippen LogP contribution in [0, 0.1) is 0 Å². The first-order chi connectivity index (χ1) is 9.47. The van der Waals surface area contributed by atoms with Crippen molar-refractivity contribution in [3.63, 3.8) is 0 Å². The van der Waals surface area contributed by atoms with Crippen LogP contribution in [-0.4, -0.2) is 11.7 Å². The lowest BCUT2D eigenvalue weighted by Gasteiger charge is -2.19. The van der Waals surface area contributed by atoms with Crippen LogP contribution in [0.1, 0.15) is 31.9 Å². The number of phenols is 1. The summed E-state index contributed by atoms with van der Waals surface area (Å²) in [4.78, 5) is 0. The summed E-state index contributed by atoms with van der Waals surface area (Å²) in [7, 11) is 0. The summed E-state index contributed by atoms with van der Waals surface area (Å²) in [5.74, 6) is 1.20. The summed E-state index contributed by atoms with van der Waals surface area (Å²) in [6.45, 7) is 7.15. The molecule has 0 aliphatic heterocycles. The van der Waals surface area contributed by atoms with Gasteiger partial charge in [-0.25, -0.2) is 0 Å². The first-order valence-corrected chi connectivity index (χ1v) is 6.97. The van der Waals surface area contributed by atoms with Crippen LogP contribution < -0.4 is 4.74 Å². The van der Waals surface area contributed by atoms with E-state index in [9.17, 15) is 5.11 Å². The fraction of sp³-hybridized carbons (Fsp3) is 0.333. The molecule has 2 aromatic carbocycles. The molecular formula is C18H22O2. The van der Waals surface area contributed by atoms with E-state index < -0.39 is 0 Å². The number of benzene rings is 2. The molecule has 106 valence electrons. The molecule has 0 atom stereocenters. The topological polar surface area (TPSA) is 29.5 Å². The maximum absolute atomic E-state index is 9.68.